The van der Waals surface area contributed by atoms with E-state index in [0.29, 0.717) is 36.4 Å². The predicted molar refractivity (Wildman–Crippen MR) is 99.8 cm³/mol. The molecule has 0 aromatic heterocycles. The summed E-state index contributed by atoms with van der Waals surface area (Å²) < 4.78 is 27.3. The van der Waals surface area contributed by atoms with E-state index in [1.54, 1.807) is 24.0 Å². The lowest BCUT2D eigenvalue weighted by molar-refractivity contribution is -0.159. The van der Waals surface area contributed by atoms with Crippen LogP contribution in [-0.2, 0) is 19.6 Å². The zero-order valence-electron chi connectivity index (χ0n) is 15.8. The summed E-state index contributed by atoms with van der Waals surface area (Å²) in [6.45, 7) is 4.66. The number of amides is 1. The number of piperazine rings is 1. The maximum absolute atomic E-state index is 13.0. The maximum Gasteiger partial charge on any atom is 0.310 e. The number of carboxylic acid groups (broad SMARTS) is 1. The van der Waals surface area contributed by atoms with Crippen molar-refractivity contribution in [2.24, 2.45) is 5.41 Å². The Kier molecular flexibility index (Phi) is 5.31. The number of nitrogens with zero attached hydrogens (tertiary/aromatic N) is 2. The van der Waals surface area contributed by atoms with E-state index in [2.05, 4.69) is 0 Å². The van der Waals surface area contributed by atoms with Gasteiger partial charge in [-0.05, 0) is 43.9 Å². The minimum atomic E-state index is -3.61. The Hall–Kier alpha value is -1.93. The molecule has 1 N–H and O–H groups in total. The van der Waals surface area contributed by atoms with Crippen LogP contribution >= 0.6 is 0 Å². The van der Waals surface area contributed by atoms with E-state index in [9.17, 15) is 23.1 Å². The third kappa shape index (κ3) is 3.73. The molecule has 1 saturated heterocycles. The minimum Gasteiger partial charge on any atom is -0.481 e. The van der Waals surface area contributed by atoms with Gasteiger partial charge in [-0.2, -0.15) is 4.31 Å². The molecule has 2 fully saturated rings. The van der Waals surface area contributed by atoms with Gasteiger partial charge in [-0.3, -0.25) is 9.59 Å². The number of carbonyl (C=O) groups excluding carboxylic acids is 1. The molecule has 27 heavy (non-hydrogen) atoms. The van der Waals surface area contributed by atoms with Gasteiger partial charge in [-0.25, -0.2) is 8.42 Å². The molecule has 1 heterocycles. The topological polar surface area (TPSA) is 95.0 Å². The smallest absolute Gasteiger partial charge is 0.310 e. The first-order valence-electron chi connectivity index (χ1n) is 9.24. The van der Waals surface area contributed by atoms with Gasteiger partial charge in [0, 0.05) is 32.6 Å². The highest BCUT2D eigenvalue weighted by Gasteiger charge is 2.47. The van der Waals surface area contributed by atoms with Crippen molar-refractivity contribution in [1.82, 2.24) is 9.21 Å². The van der Waals surface area contributed by atoms with Crippen LogP contribution in [-0.4, -0.2) is 60.8 Å². The largest absolute Gasteiger partial charge is 0.481 e. The third-order valence-corrected chi connectivity index (χ3v) is 7.85. The van der Waals surface area contributed by atoms with Gasteiger partial charge in [0.1, 0.15) is 0 Å². The normalized spacial score (nSPS) is 20.1. The third-order valence-electron chi connectivity index (χ3n) is 5.81. The number of rotatable bonds is 5. The highest BCUT2D eigenvalue weighted by atomic mass is 32.2. The molecule has 1 aromatic carbocycles. The van der Waals surface area contributed by atoms with Gasteiger partial charge in [-0.15, -0.1) is 0 Å². The first-order chi connectivity index (χ1) is 12.7. The van der Waals surface area contributed by atoms with Crippen molar-refractivity contribution in [3.05, 3.63) is 29.3 Å². The van der Waals surface area contributed by atoms with Gasteiger partial charge >= 0.3 is 5.97 Å². The molecule has 1 saturated carbocycles. The van der Waals surface area contributed by atoms with Crippen LogP contribution in [0.25, 0.3) is 0 Å². The highest BCUT2D eigenvalue weighted by molar-refractivity contribution is 7.89. The second kappa shape index (κ2) is 7.24. The molecule has 8 heteroatoms. The van der Waals surface area contributed by atoms with Crippen LogP contribution in [0.2, 0.25) is 0 Å². The van der Waals surface area contributed by atoms with Gasteiger partial charge in [-0.1, -0.05) is 18.6 Å². The number of benzene rings is 1. The Balaban J connectivity index is 1.65. The monoisotopic (exact) mass is 394 g/mol. The number of carboxylic acids is 1. The van der Waals surface area contributed by atoms with Crippen molar-refractivity contribution < 1.29 is 23.1 Å². The van der Waals surface area contributed by atoms with E-state index in [4.69, 9.17) is 0 Å². The van der Waals surface area contributed by atoms with Gasteiger partial charge in [0.2, 0.25) is 15.9 Å². The van der Waals surface area contributed by atoms with E-state index < -0.39 is 21.4 Å². The SMILES string of the molecule is Cc1ccc(C)c(S(=O)(=O)N2CCN(C(=O)CC3(C(=O)O)CCC3)CC2)c1. The number of aryl methyl sites for hydroxylation is 2. The Labute approximate surface area is 160 Å². The van der Waals surface area contributed by atoms with Crippen LogP contribution in [0.15, 0.2) is 23.1 Å². The molecule has 148 valence electrons. The molecule has 1 aromatic rings. The van der Waals surface area contributed by atoms with Crippen molar-refractivity contribution in [3.8, 4) is 0 Å². The summed E-state index contributed by atoms with van der Waals surface area (Å²) in [5.41, 5.74) is 0.666. The van der Waals surface area contributed by atoms with Crippen LogP contribution in [0.4, 0.5) is 0 Å². The quantitative estimate of drug-likeness (QED) is 0.821. The Morgan fingerprint density at radius 1 is 1.11 bits per heavy atom. The van der Waals surface area contributed by atoms with Crippen LogP contribution in [0, 0.1) is 19.3 Å². The van der Waals surface area contributed by atoms with Gasteiger partial charge < -0.3 is 10.0 Å². The molecule has 1 aliphatic carbocycles. The Morgan fingerprint density at radius 2 is 1.74 bits per heavy atom. The van der Waals surface area contributed by atoms with Gasteiger partial charge in [0.25, 0.3) is 0 Å². The van der Waals surface area contributed by atoms with E-state index >= 15 is 0 Å². The Morgan fingerprint density at radius 3 is 2.26 bits per heavy atom. The van der Waals surface area contributed by atoms with E-state index in [-0.39, 0.29) is 25.4 Å². The van der Waals surface area contributed by atoms with Crippen molar-refractivity contribution >= 4 is 21.9 Å². The van der Waals surface area contributed by atoms with Crippen LogP contribution < -0.4 is 0 Å². The molecule has 2 aliphatic rings. The predicted octanol–water partition coefficient (Wildman–Crippen LogP) is 1.78. The van der Waals surface area contributed by atoms with Crippen molar-refractivity contribution in [3.63, 3.8) is 0 Å². The second-order valence-electron chi connectivity index (χ2n) is 7.67. The first kappa shape index (κ1) is 19.8. The van der Waals surface area contributed by atoms with Crippen molar-refractivity contribution in [1.29, 1.82) is 0 Å². The average molecular weight is 394 g/mol. The molecular weight excluding hydrogens is 368 g/mol. The van der Waals surface area contributed by atoms with E-state index in [0.717, 1.165) is 12.0 Å². The van der Waals surface area contributed by atoms with Crippen LogP contribution in [0.3, 0.4) is 0 Å². The zero-order chi connectivity index (χ0) is 19.8. The number of aliphatic carboxylic acids is 1. The number of sulfonamides is 1. The van der Waals surface area contributed by atoms with Crippen LogP contribution in [0.1, 0.15) is 36.8 Å². The summed E-state index contributed by atoms with van der Waals surface area (Å²) in [5.74, 6) is -1.10. The van der Waals surface area contributed by atoms with Crippen molar-refractivity contribution in [2.45, 2.75) is 44.4 Å². The minimum absolute atomic E-state index is 0.00602. The zero-order valence-corrected chi connectivity index (χ0v) is 16.6. The number of hydrogen-bond acceptors (Lipinski definition) is 4. The lowest BCUT2D eigenvalue weighted by atomic mass is 9.66. The fraction of sp³-hybridized carbons (Fsp3) is 0.579. The molecular formula is C19H26N2O5S. The standard InChI is InChI=1S/C19H26N2O5S/c1-14-4-5-15(2)16(12-14)27(25,26)21-10-8-20(9-11-21)17(22)13-19(18(23)24)6-3-7-19/h4-5,12H,3,6-11,13H2,1-2H3,(H,23,24). The lowest BCUT2D eigenvalue weighted by Gasteiger charge is -2.40. The average Bonchev–Trinajstić information content (AvgIpc) is 2.59. The summed E-state index contributed by atoms with van der Waals surface area (Å²) in [6.07, 6.45) is 1.91. The Bertz CT molecular complexity index is 853. The van der Waals surface area contributed by atoms with Crippen molar-refractivity contribution in [2.75, 3.05) is 26.2 Å². The van der Waals surface area contributed by atoms with Gasteiger partial charge in [0.15, 0.2) is 0 Å². The molecule has 7 nitrogen and oxygen atoms in total. The van der Waals surface area contributed by atoms with Gasteiger partial charge in [0.05, 0.1) is 10.3 Å². The summed E-state index contributed by atoms with van der Waals surface area (Å²) in [6, 6.07) is 5.35. The molecule has 1 amide bonds. The van der Waals surface area contributed by atoms with Crippen LogP contribution in [0.5, 0.6) is 0 Å². The van der Waals surface area contributed by atoms with E-state index in [1.807, 2.05) is 13.0 Å². The highest BCUT2D eigenvalue weighted by Crippen LogP contribution is 2.44. The molecule has 3 rings (SSSR count). The molecule has 0 spiro atoms. The summed E-state index contributed by atoms with van der Waals surface area (Å²) in [5, 5.41) is 9.40. The maximum atomic E-state index is 13.0. The molecule has 0 bridgehead atoms. The number of hydrogen-bond donors (Lipinski definition) is 1. The first-order valence-corrected chi connectivity index (χ1v) is 10.7. The summed E-state index contributed by atoms with van der Waals surface area (Å²) in [7, 11) is -3.61. The summed E-state index contributed by atoms with van der Waals surface area (Å²) >= 11 is 0. The molecule has 1 aliphatic heterocycles. The summed E-state index contributed by atoms with van der Waals surface area (Å²) in [4.78, 5) is 25.9. The second-order valence-corrected chi connectivity index (χ2v) is 9.58. The fourth-order valence-corrected chi connectivity index (χ4v) is 5.51. The molecule has 0 unspecified atom stereocenters. The molecule has 0 radical (unpaired) electrons. The lowest BCUT2D eigenvalue weighted by Crippen LogP contribution is -2.52. The molecule has 0 atom stereocenters. The fourth-order valence-electron chi connectivity index (χ4n) is 3.77. The number of carbonyl (C=O) groups is 2. The van der Waals surface area contributed by atoms with E-state index in [1.165, 1.54) is 4.31 Å².